The SMILES string of the molecule is CCC(Cl)CC(Cl)C(C)=O. The Balaban J connectivity index is 3.56. The van der Waals surface area contributed by atoms with Crippen LogP contribution in [0.25, 0.3) is 0 Å². The zero-order valence-corrected chi connectivity index (χ0v) is 7.74. The van der Waals surface area contributed by atoms with Gasteiger partial charge in [-0.05, 0) is 19.8 Å². The smallest absolute Gasteiger partial charge is 0.147 e. The lowest BCUT2D eigenvalue weighted by Gasteiger charge is -2.08. The lowest BCUT2D eigenvalue weighted by atomic mass is 10.1. The van der Waals surface area contributed by atoms with Gasteiger partial charge in [0.25, 0.3) is 0 Å². The van der Waals surface area contributed by atoms with E-state index in [2.05, 4.69) is 0 Å². The number of alkyl halides is 2. The number of hydrogen-bond acceptors (Lipinski definition) is 1. The van der Waals surface area contributed by atoms with Gasteiger partial charge in [0.2, 0.25) is 0 Å². The van der Waals surface area contributed by atoms with E-state index < -0.39 is 5.38 Å². The second-order valence-electron chi connectivity index (χ2n) is 2.32. The second kappa shape index (κ2) is 4.97. The van der Waals surface area contributed by atoms with E-state index in [4.69, 9.17) is 23.2 Å². The van der Waals surface area contributed by atoms with Crippen LogP contribution in [-0.2, 0) is 4.79 Å². The molecule has 0 aliphatic carbocycles. The van der Waals surface area contributed by atoms with Crippen LogP contribution >= 0.6 is 23.2 Å². The first-order valence-corrected chi connectivity index (χ1v) is 4.23. The summed E-state index contributed by atoms with van der Waals surface area (Å²) in [4.78, 5) is 10.6. The molecule has 0 bridgehead atoms. The molecule has 0 fully saturated rings. The van der Waals surface area contributed by atoms with Gasteiger partial charge in [-0.2, -0.15) is 0 Å². The third-order valence-electron chi connectivity index (χ3n) is 1.35. The van der Waals surface area contributed by atoms with E-state index in [0.29, 0.717) is 6.42 Å². The van der Waals surface area contributed by atoms with E-state index in [9.17, 15) is 4.79 Å². The summed E-state index contributed by atoms with van der Waals surface area (Å²) < 4.78 is 0. The Morgan fingerprint density at radius 1 is 1.50 bits per heavy atom. The lowest BCUT2D eigenvalue weighted by Crippen LogP contribution is -2.15. The van der Waals surface area contributed by atoms with Gasteiger partial charge in [0.1, 0.15) is 5.78 Å². The van der Waals surface area contributed by atoms with E-state index in [0.717, 1.165) is 6.42 Å². The lowest BCUT2D eigenvalue weighted by molar-refractivity contribution is -0.116. The van der Waals surface area contributed by atoms with Gasteiger partial charge in [0.05, 0.1) is 5.38 Å². The Labute approximate surface area is 71.7 Å². The quantitative estimate of drug-likeness (QED) is 0.612. The number of hydrogen-bond donors (Lipinski definition) is 0. The van der Waals surface area contributed by atoms with E-state index in [1.807, 2.05) is 6.92 Å². The zero-order valence-electron chi connectivity index (χ0n) is 6.23. The van der Waals surface area contributed by atoms with Crippen molar-refractivity contribution >= 4 is 29.0 Å². The van der Waals surface area contributed by atoms with Crippen molar-refractivity contribution in [3.05, 3.63) is 0 Å². The van der Waals surface area contributed by atoms with E-state index >= 15 is 0 Å². The zero-order chi connectivity index (χ0) is 8.15. The molecule has 0 spiro atoms. The van der Waals surface area contributed by atoms with Crippen LogP contribution in [0, 0.1) is 0 Å². The fourth-order valence-corrected chi connectivity index (χ4v) is 1.04. The second-order valence-corrected chi connectivity index (χ2v) is 3.46. The minimum atomic E-state index is -0.401. The minimum absolute atomic E-state index is 0.000710. The summed E-state index contributed by atoms with van der Waals surface area (Å²) in [6.07, 6.45) is 1.44. The van der Waals surface area contributed by atoms with E-state index in [1.165, 1.54) is 6.92 Å². The highest BCUT2D eigenvalue weighted by atomic mass is 35.5. The highest BCUT2D eigenvalue weighted by Gasteiger charge is 2.14. The average Bonchev–Trinajstić information content (AvgIpc) is 1.87. The van der Waals surface area contributed by atoms with Gasteiger partial charge in [-0.1, -0.05) is 6.92 Å². The highest BCUT2D eigenvalue weighted by molar-refractivity contribution is 6.31. The van der Waals surface area contributed by atoms with Crippen LogP contribution in [0.3, 0.4) is 0 Å². The highest BCUT2D eigenvalue weighted by Crippen LogP contribution is 2.14. The van der Waals surface area contributed by atoms with Gasteiger partial charge in [-0.3, -0.25) is 4.79 Å². The molecular weight excluding hydrogens is 171 g/mol. The van der Waals surface area contributed by atoms with Crippen LogP contribution in [0.1, 0.15) is 26.7 Å². The first-order valence-electron chi connectivity index (χ1n) is 3.36. The number of carbonyl (C=O) groups excluding carboxylic acids is 1. The molecule has 0 aromatic rings. The van der Waals surface area contributed by atoms with Crippen LogP contribution in [0.2, 0.25) is 0 Å². The number of ketones is 1. The molecular formula is C7H12Cl2O. The summed E-state index contributed by atoms with van der Waals surface area (Å²) in [5.41, 5.74) is 0. The molecule has 3 heteroatoms. The molecule has 2 unspecified atom stereocenters. The predicted octanol–water partition coefficient (Wildman–Crippen LogP) is 2.59. The summed E-state index contributed by atoms with van der Waals surface area (Å²) in [5, 5.41) is -0.367. The van der Waals surface area contributed by atoms with Gasteiger partial charge in [0.15, 0.2) is 0 Å². The largest absolute Gasteiger partial charge is 0.298 e. The molecule has 0 aromatic carbocycles. The number of halogens is 2. The Kier molecular flexibility index (Phi) is 5.10. The van der Waals surface area contributed by atoms with Gasteiger partial charge < -0.3 is 0 Å². The molecule has 0 rings (SSSR count). The summed E-state index contributed by atoms with van der Waals surface area (Å²) in [6.45, 7) is 3.46. The molecule has 0 N–H and O–H groups in total. The molecule has 0 amide bonds. The Morgan fingerprint density at radius 3 is 2.30 bits per heavy atom. The van der Waals surface area contributed by atoms with Crippen molar-refractivity contribution in [2.75, 3.05) is 0 Å². The normalized spacial score (nSPS) is 16.4. The van der Waals surface area contributed by atoms with Crippen LogP contribution in [0.15, 0.2) is 0 Å². The van der Waals surface area contributed by atoms with Crippen LogP contribution in [-0.4, -0.2) is 16.5 Å². The topological polar surface area (TPSA) is 17.1 Å². The molecule has 0 radical (unpaired) electrons. The molecule has 0 heterocycles. The van der Waals surface area contributed by atoms with Crippen LogP contribution < -0.4 is 0 Å². The predicted molar refractivity (Wildman–Crippen MR) is 44.9 cm³/mol. The van der Waals surface area contributed by atoms with Crippen molar-refractivity contribution in [3.63, 3.8) is 0 Å². The molecule has 60 valence electrons. The molecule has 1 nitrogen and oxygen atoms in total. The molecule has 0 saturated carbocycles. The van der Waals surface area contributed by atoms with Gasteiger partial charge >= 0.3 is 0 Å². The van der Waals surface area contributed by atoms with Crippen molar-refractivity contribution in [2.45, 2.75) is 37.4 Å². The summed E-state index contributed by atoms with van der Waals surface area (Å²) >= 11 is 11.4. The maximum atomic E-state index is 10.6. The summed E-state index contributed by atoms with van der Waals surface area (Å²) in [6, 6.07) is 0. The Hall–Kier alpha value is 0.250. The fourth-order valence-electron chi connectivity index (χ4n) is 0.557. The monoisotopic (exact) mass is 182 g/mol. The molecule has 0 saturated heterocycles. The van der Waals surface area contributed by atoms with Gasteiger partial charge in [-0.25, -0.2) is 0 Å². The first-order chi connectivity index (χ1) is 4.57. The maximum Gasteiger partial charge on any atom is 0.147 e. The van der Waals surface area contributed by atoms with Gasteiger partial charge in [-0.15, -0.1) is 23.2 Å². The third-order valence-corrected chi connectivity index (χ3v) is 2.32. The van der Waals surface area contributed by atoms with Crippen molar-refractivity contribution in [1.29, 1.82) is 0 Å². The molecule has 2 atom stereocenters. The van der Waals surface area contributed by atoms with Crippen LogP contribution in [0.4, 0.5) is 0 Å². The van der Waals surface area contributed by atoms with Crippen molar-refractivity contribution < 1.29 is 4.79 Å². The Morgan fingerprint density at radius 2 is 2.00 bits per heavy atom. The summed E-state index contributed by atoms with van der Waals surface area (Å²) in [7, 11) is 0. The fraction of sp³-hybridized carbons (Fsp3) is 0.857. The molecule has 10 heavy (non-hydrogen) atoms. The number of Topliss-reactive ketones (excluding diaryl/α,β-unsaturated/α-hetero) is 1. The Bertz CT molecular complexity index is 114. The van der Waals surface area contributed by atoms with E-state index in [1.54, 1.807) is 0 Å². The first kappa shape index (κ1) is 10.2. The standard InChI is InChI=1S/C7H12Cl2O/c1-3-6(8)4-7(9)5(2)10/h6-7H,3-4H2,1-2H3. The average molecular weight is 183 g/mol. The van der Waals surface area contributed by atoms with Gasteiger partial charge in [0, 0.05) is 5.38 Å². The number of rotatable bonds is 4. The van der Waals surface area contributed by atoms with Crippen LogP contribution in [0.5, 0.6) is 0 Å². The minimum Gasteiger partial charge on any atom is -0.298 e. The molecule has 0 aromatic heterocycles. The van der Waals surface area contributed by atoms with Crippen molar-refractivity contribution in [1.82, 2.24) is 0 Å². The maximum absolute atomic E-state index is 10.6. The summed E-state index contributed by atoms with van der Waals surface area (Å²) in [5.74, 6) is 0.000710. The molecule has 0 aliphatic rings. The van der Waals surface area contributed by atoms with Crippen molar-refractivity contribution in [3.8, 4) is 0 Å². The van der Waals surface area contributed by atoms with E-state index in [-0.39, 0.29) is 11.2 Å². The number of carbonyl (C=O) groups is 1. The molecule has 0 aliphatic heterocycles. The van der Waals surface area contributed by atoms with Crippen molar-refractivity contribution in [2.24, 2.45) is 0 Å². The third kappa shape index (κ3) is 4.13.